The van der Waals surface area contributed by atoms with Crippen LogP contribution in [0.4, 0.5) is 0 Å². The zero-order chi connectivity index (χ0) is 40.6. The molecule has 7 heteroatoms. The van der Waals surface area contributed by atoms with Crippen molar-refractivity contribution in [1.29, 1.82) is 0 Å². The summed E-state index contributed by atoms with van der Waals surface area (Å²) in [6, 6.07) is 57.5. The molecular weight excluding hydrogens is 749 g/mol. The van der Waals surface area contributed by atoms with E-state index in [0.717, 1.165) is 32.7 Å². The maximum atomic E-state index is 13.7. The first kappa shape index (κ1) is 36.3. The van der Waals surface area contributed by atoms with Crippen molar-refractivity contribution in [3.8, 4) is 57.1 Å². The van der Waals surface area contributed by atoms with Gasteiger partial charge in [0.15, 0.2) is 11.6 Å². The third kappa shape index (κ3) is 7.10. The lowest BCUT2D eigenvalue weighted by Crippen LogP contribution is -2.01. The van der Waals surface area contributed by atoms with Gasteiger partial charge in [-0.1, -0.05) is 60.7 Å². The van der Waals surface area contributed by atoms with Crippen molar-refractivity contribution in [3.63, 3.8) is 0 Å². The fourth-order valence-electron chi connectivity index (χ4n) is 7.59. The van der Waals surface area contributed by atoms with E-state index in [4.69, 9.17) is 18.9 Å². The highest BCUT2D eigenvalue weighted by atomic mass is 16.5. The number of ketones is 2. The van der Waals surface area contributed by atoms with Crippen molar-refractivity contribution in [2.24, 2.45) is 0 Å². The smallest absolute Gasteiger partial charge is 0.193 e. The van der Waals surface area contributed by atoms with Crippen LogP contribution in [0.15, 0.2) is 188 Å². The summed E-state index contributed by atoms with van der Waals surface area (Å²) in [5, 5.41) is 14.0. The first-order valence-corrected chi connectivity index (χ1v) is 19.5. The maximum absolute atomic E-state index is 13.7. The van der Waals surface area contributed by atoms with E-state index in [0.29, 0.717) is 73.8 Å². The van der Waals surface area contributed by atoms with Crippen molar-refractivity contribution in [2.45, 2.75) is 6.61 Å². The molecule has 0 saturated carbocycles. The van der Waals surface area contributed by atoms with Crippen LogP contribution in [-0.4, -0.2) is 16.7 Å². The Balaban J connectivity index is 1.09. The lowest BCUT2D eigenvalue weighted by molar-refractivity contribution is 0.103. The number of aliphatic hydroxyl groups excluding tert-OH is 1. The van der Waals surface area contributed by atoms with Crippen LogP contribution in [0.2, 0.25) is 0 Å². The van der Waals surface area contributed by atoms with Gasteiger partial charge in [0.1, 0.15) is 46.0 Å². The van der Waals surface area contributed by atoms with Crippen LogP contribution in [-0.2, 0) is 6.61 Å². The summed E-state index contributed by atoms with van der Waals surface area (Å²) in [6.07, 6.45) is 0. The topological polar surface area (TPSA) is 91.3 Å². The summed E-state index contributed by atoms with van der Waals surface area (Å²) in [7, 11) is 0. The molecule has 0 amide bonds. The number of ether oxygens (including phenoxy) is 4. The van der Waals surface area contributed by atoms with Gasteiger partial charge in [0.05, 0.1) is 6.61 Å². The molecule has 16 rings (SSSR count). The second kappa shape index (κ2) is 15.4. The van der Waals surface area contributed by atoms with Crippen LogP contribution in [0.1, 0.15) is 37.4 Å². The Labute approximate surface area is 345 Å². The van der Waals surface area contributed by atoms with Crippen molar-refractivity contribution < 1.29 is 33.6 Å². The molecule has 0 atom stereocenters. The Morgan fingerprint density at radius 3 is 1.07 bits per heavy atom. The first-order chi connectivity index (χ1) is 29.5. The van der Waals surface area contributed by atoms with Crippen LogP contribution in [0, 0.1) is 0 Å². The van der Waals surface area contributed by atoms with E-state index in [1.54, 1.807) is 115 Å². The number of hydrogen-bond donors (Lipinski definition) is 1. The Hall–Kier alpha value is -8.00. The molecule has 7 aliphatic heterocycles. The van der Waals surface area contributed by atoms with E-state index in [-0.39, 0.29) is 18.2 Å². The second-order valence-corrected chi connectivity index (χ2v) is 14.5. The Bertz CT molecular complexity index is 2870. The van der Waals surface area contributed by atoms with Crippen LogP contribution in [0.25, 0.3) is 32.7 Å². The van der Waals surface area contributed by atoms with Crippen LogP contribution >= 0.6 is 0 Å². The summed E-state index contributed by atoms with van der Waals surface area (Å²) in [6.45, 7) is -0.227. The molecule has 0 aromatic heterocycles. The number of carbonyl (C=O) groups is 2. The molecule has 0 fully saturated rings. The van der Waals surface area contributed by atoms with Crippen LogP contribution < -0.4 is 18.9 Å². The second-order valence-electron chi connectivity index (χ2n) is 14.5. The Morgan fingerprint density at radius 1 is 0.350 bits per heavy atom. The number of aliphatic hydroxyl groups is 1. The molecule has 7 nitrogen and oxygen atoms in total. The third-order valence-corrected chi connectivity index (χ3v) is 10.5. The standard InChI is InChI=1S/C53H34O7/c54-32-33-29-44-31-45(30-33)58-41-21-11-37(12-22-41)53(56)39-15-25-43(26-16-39)60-49-28-18-35-6-2-4-8-47(35)51(49)50-46-7-3-1-5-34(46)17-27-48(50)59-42-23-13-38(14-24-42)52(55)36-9-19-40(57-44)20-10-36/h1-31,54H,32H2. The van der Waals surface area contributed by atoms with Crippen molar-refractivity contribution in [1.82, 2.24) is 0 Å². The molecule has 0 saturated heterocycles. The predicted molar refractivity (Wildman–Crippen MR) is 232 cm³/mol. The van der Waals surface area contributed by atoms with Crippen molar-refractivity contribution >= 4 is 33.1 Å². The monoisotopic (exact) mass is 782 g/mol. The molecule has 9 aromatic rings. The van der Waals surface area contributed by atoms with Gasteiger partial charge < -0.3 is 24.1 Å². The van der Waals surface area contributed by atoms with E-state index in [1.165, 1.54) is 0 Å². The molecule has 7 heterocycles. The SMILES string of the molecule is O=C1c2ccc(cc2)Oc2cc(CO)cc(c2)Oc2ccc(cc2)C(=O)c2ccc(cc2)Oc2ccc3ccccc3c2-c2c(ccc3ccccc23)Oc2ccc1cc2. The molecule has 1 N–H and O–H groups in total. The summed E-state index contributed by atoms with van der Waals surface area (Å²) < 4.78 is 25.7. The average Bonchev–Trinajstić information content (AvgIpc) is 3.29. The largest absolute Gasteiger partial charge is 0.457 e. The zero-order valence-electron chi connectivity index (χ0n) is 32.0. The van der Waals surface area contributed by atoms with E-state index < -0.39 is 0 Å². The number of benzene rings is 9. The van der Waals surface area contributed by atoms with E-state index in [1.807, 2.05) is 48.5 Å². The van der Waals surface area contributed by atoms with Gasteiger partial charge in [0, 0.05) is 39.4 Å². The fraction of sp³-hybridized carbons (Fsp3) is 0.0189. The molecule has 9 aromatic carbocycles. The van der Waals surface area contributed by atoms with Gasteiger partial charge in [0.2, 0.25) is 0 Å². The lowest BCUT2D eigenvalue weighted by Gasteiger charge is -2.20. The van der Waals surface area contributed by atoms with Crippen LogP contribution in [0.5, 0.6) is 46.0 Å². The molecule has 0 spiro atoms. The minimum Gasteiger partial charge on any atom is -0.457 e. The quantitative estimate of drug-likeness (QED) is 0.177. The molecule has 0 radical (unpaired) electrons. The normalized spacial score (nSPS) is 12.4. The van der Waals surface area contributed by atoms with E-state index in [9.17, 15) is 14.7 Å². The maximum Gasteiger partial charge on any atom is 0.193 e. The summed E-state index contributed by atoms with van der Waals surface area (Å²) in [4.78, 5) is 27.3. The zero-order valence-corrected chi connectivity index (χ0v) is 32.0. The molecule has 60 heavy (non-hydrogen) atoms. The van der Waals surface area contributed by atoms with Gasteiger partial charge in [-0.2, -0.15) is 0 Å². The molecule has 0 aliphatic carbocycles. The third-order valence-electron chi connectivity index (χ3n) is 10.5. The minimum absolute atomic E-state index is 0.153. The molecular formula is C53H34O7. The molecule has 0 unspecified atom stereocenters. The molecule has 7 aliphatic rings. The molecule has 288 valence electrons. The minimum atomic E-state index is -0.227. The van der Waals surface area contributed by atoms with Gasteiger partial charge >= 0.3 is 0 Å². The number of carbonyl (C=O) groups excluding carboxylic acids is 2. The van der Waals surface area contributed by atoms with Gasteiger partial charge in [-0.3, -0.25) is 9.59 Å². The predicted octanol–water partition coefficient (Wildman–Crippen LogP) is 13.1. The van der Waals surface area contributed by atoms with Gasteiger partial charge in [-0.15, -0.1) is 0 Å². The lowest BCUT2D eigenvalue weighted by atomic mass is 9.92. The Kier molecular flexibility index (Phi) is 9.33. The Morgan fingerprint density at radius 2 is 0.700 bits per heavy atom. The van der Waals surface area contributed by atoms with E-state index in [2.05, 4.69) is 24.3 Å². The number of hydrogen-bond acceptors (Lipinski definition) is 7. The highest BCUT2D eigenvalue weighted by molar-refractivity contribution is 6.11. The van der Waals surface area contributed by atoms with Gasteiger partial charge in [-0.05, 0) is 148 Å². The van der Waals surface area contributed by atoms with Gasteiger partial charge in [-0.25, -0.2) is 0 Å². The number of rotatable bonds is 1. The average molecular weight is 783 g/mol. The first-order valence-electron chi connectivity index (χ1n) is 19.5. The molecule has 10 bridgehead atoms. The fourth-order valence-corrected chi connectivity index (χ4v) is 7.59. The summed E-state index contributed by atoms with van der Waals surface area (Å²) in [5.74, 6) is 3.93. The summed E-state index contributed by atoms with van der Waals surface area (Å²) >= 11 is 0. The highest BCUT2D eigenvalue weighted by Crippen LogP contribution is 2.47. The van der Waals surface area contributed by atoms with Crippen molar-refractivity contribution in [3.05, 3.63) is 216 Å². The number of fused-ring (bicyclic) bond motifs is 2. The van der Waals surface area contributed by atoms with Gasteiger partial charge in [0.25, 0.3) is 0 Å². The van der Waals surface area contributed by atoms with Crippen LogP contribution in [0.3, 0.4) is 0 Å². The van der Waals surface area contributed by atoms with Crippen molar-refractivity contribution in [2.75, 3.05) is 0 Å². The van der Waals surface area contributed by atoms with E-state index >= 15 is 0 Å². The summed E-state index contributed by atoms with van der Waals surface area (Å²) in [5.41, 5.74) is 4.28. The highest BCUT2D eigenvalue weighted by Gasteiger charge is 2.21.